The second-order valence-corrected chi connectivity index (χ2v) is 10.1. The third-order valence-electron chi connectivity index (χ3n) is 7.17. The van der Waals surface area contributed by atoms with E-state index < -0.39 is 24.0 Å². The van der Waals surface area contributed by atoms with Crippen LogP contribution in [0.5, 0.6) is 0 Å². The smallest absolute Gasteiger partial charge is 0.337 e. The number of nitrogens with one attached hydrogen (secondary N) is 1. The molecule has 2 atom stereocenters. The number of dihydropyridines is 1. The summed E-state index contributed by atoms with van der Waals surface area (Å²) in [5.41, 5.74) is 5.40. The maximum atomic E-state index is 13.8. The maximum Gasteiger partial charge on any atom is 0.337 e. The molecule has 0 saturated carbocycles. The van der Waals surface area contributed by atoms with Crippen LogP contribution in [0.2, 0.25) is 0 Å². The fraction of sp³-hybridized carbons (Fsp3) is 0.200. The van der Waals surface area contributed by atoms with Gasteiger partial charge >= 0.3 is 11.9 Å². The monoisotopic (exact) mass is 572 g/mol. The van der Waals surface area contributed by atoms with Crippen molar-refractivity contribution in [2.24, 2.45) is 5.92 Å². The summed E-state index contributed by atoms with van der Waals surface area (Å²) in [5.74, 6) is 4.31. The van der Waals surface area contributed by atoms with Crippen molar-refractivity contribution in [1.82, 2.24) is 19.9 Å². The number of imidazole rings is 1. The Morgan fingerprint density at radius 1 is 1.00 bits per heavy atom. The van der Waals surface area contributed by atoms with Crippen molar-refractivity contribution in [2.45, 2.75) is 32.8 Å². The van der Waals surface area contributed by atoms with E-state index in [-0.39, 0.29) is 0 Å². The number of pyridine rings is 1. The van der Waals surface area contributed by atoms with Gasteiger partial charge in [-0.05, 0) is 56.5 Å². The molecule has 2 aromatic heterocycles. The summed E-state index contributed by atoms with van der Waals surface area (Å²) in [6, 6.07) is 21.4. The first-order valence-corrected chi connectivity index (χ1v) is 14.0. The van der Waals surface area contributed by atoms with Crippen LogP contribution in [0.25, 0.3) is 11.4 Å². The Kier molecular flexibility index (Phi) is 9.13. The molecule has 0 fully saturated rings. The zero-order valence-electron chi connectivity index (χ0n) is 24.3. The van der Waals surface area contributed by atoms with Gasteiger partial charge in [0.15, 0.2) is 6.10 Å². The van der Waals surface area contributed by atoms with Gasteiger partial charge < -0.3 is 19.4 Å². The number of allylic oxidation sites excluding steroid dienone is 1. The molecule has 4 aromatic rings. The first-order valence-electron chi connectivity index (χ1n) is 14.0. The Hall–Kier alpha value is -5.42. The van der Waals surface area contributed by atoms with Crippen LogP contribution >= 0.6 is 0 Å². The minimum absolute atomic E-state index is 0.368. The highest BCUT2D eigenvalue weighted by atomic mass is 16.5. The fourth-order valence-corrected chi connectivity index (χ4v) is 5.13. The highest BCUT2D eigenvalue weighted by Crippen LogP contribution is 2.38. The van der Waals surface area contributed by atoms with Crippen molar-refractivity contribution in [1.29, 1.82) is 0 Å². The van der Waals surface area contributed by atoms with Crippen LogP contribution in [0.15, 0.2) is 115 Å². The van der Waals surface area contributed by atoms with Gasteiger partial charge in [-0.15, -0.1) is 0 Å². The molecule has 1 N–H and O–H groups in total. The van der Waals surface area contributed by atoms with E-state index >= 15 is 0 Å². The van der Waals surface area contributed by atoms with Crippen LogP contribution in [0.1, 0.15) is 37.0 Å². The summed E-state index contributed by atoms with van der Waals surface area (Å²) in [7, 11) is 1.35. The predicted molar refractivity (Wildman–Crippen MR) is 163 cm³/mol. The topological polar surface area (TPSA) is 95.3 Å². The molecule has 5 rings (SSSR count). The number of ether oxygens (including phenoxy) is 2. The first kappa shape index (κ1) is 29.1. The molecule has 8 heteroatoms. The van der Waals surface area contributed by atoms with Crippen LogP contribution in [-0.2, 0) is 25.5 Å². The summed E-state index contributed by atoms with van der Waals surface area (Å²) in [6.45, 7) is 3.54. The summed E-state index contributed by atoms with van der Waals surface area (Å²) in [6.07, 6.45) is 9.01. The third-order valence-corrected chi connectivity index (χ3v) is 7.17. The number of methoxy groups -OCH3 is 1. The SMILES string of the molecule is COC(=O)C1=C(c2cccc(-n3ccnc3)c2)NC(C)=C(C(=O)OC(C)C#Cc2cccnc2)C1CCc1ccccc1. The van der Waals surface area contributed by atoms with E-state index in [0.29, 0.717) is 35.4 Å². The van der Waals surface area contributed by atoms with Gasteiger partial charge in [-0.25, -0.2) is 14.6 Å². The van der Waals surface area contributed by atoms with Gasteiger partial charge in [0.1, 0.15) is 0 Å². The van der Waals surface area contributed by atoms with E-state index in [1.54, 1.807) is 37.9 Å². The van der Waals surface area contributed by atoms with E-state index in [0.717, 1.165) is 22.4 Å². The molecule has 43 heavy (non-hydrogen) atoms. The largest absolute Gasteiger partial charge is 0.466 e. The number of aromatic nitrogens is 3. The molecule has 1 aliphatic heterocycles. The van der Waals surface area contributed by atoms with Crippen LogP contribution < -0.4 is 5.32 Å². The Labute approximate surface area is 251 Å². The molecular formula is C35H32N4O4. The lowest BCUT2D eigenvalue weighted by molar-refractivity contribution is -0.141. The van der Waals surface area contributed by atoms with Crippen molar-refractivity contribution in [2.75, 3.05) is 7.11 Å². The zero-order valence-corrected chi connectivity index (χ0v) is 24.3. The number of hydrogen-bond donors (Lipinski definition) is 1. The van der Waals surface area contributed by atoms with Crippen molar-refractivity contribution in [3.8, 4) is 17.5 Å². The summed E-state index contributed by atoms with van der Waals surface area (Å²) < 4.78 is 13.0. The number of nitrogens with zero attached hydrogens (tertiary/aromatic N) is 3. The number of carbonyl (C=O) groups excluding carboxylic acids is 2. The molecule has 0 bridgehead atoms. The Morgan fingerprint density at radius 3 is 2.56 bits per heavy atom. The van der Waals surface area contributed by atoms with Crippen LogP contribution in [0, 0.1) is 17.8 Å². The average Bonchev–Trinajstić information content (AvgIpc) is 3.58. The maximum absolute atomic E-state index is 13.8. The molecule has 216 valence electrons. The Bertz CT molecular complexity index is 1720. The molecule has 2 aromatic carbocycles. The van der Waals surface area contributed by atoms with E-state index in [2.05, 4.69) is 27.1 Å². The molecule has 0 aliphatic carbocycles. The van der Waals surface area contributed by atoms with E-state index in [1.165, 1.54) is 7.11 Å². The number of carbonyl (C=O) groups is 2. The van der Waals surface area contributed by atoms with E-state index in [4.69, 9.17) is 9.47 Å². The van der Waals surface area contributed by atoms with Gasteiger partial charge in [0.05, 0.1) is 30.3 Å². The molecular weight excluding hydrogens is 540 g/mol. The molecule has 8 nitrogen and oxygen atoms in total. The Balaban J connectivity index is 1.53. The molecule has 3 heterocycles. The van der Waals surface area contributed by atoms with Crippen LogP contribution in [0.4, 0.5) is 0 Å². The summed E-state index contributed by atoms with van der Waals surface area (Å²) in [4.78, 5) is 35.5. The second kappa shape index (κ2) is 13.5. The van der Waals surface area contributed by atoms with Crippen molar-refractivity contribution in [3.63, 3.8) is 0 Å². The normalized spacial score (nSPS) is 15.2. The highest BCUT2D eigenvalue weighted by Gasteiger charge is 2.38. The van der Waals surface area contributed by atoms with E-state index in [9.17, 15) is 9.59 Å². The molecule has 2 unspecified atom stereocenters. The summed E-state index contributed by atoms with van der Waals surface area (Å²) in [5, 5.41) is 3.35. The number of rotatable bonds is 8. The highest BCUT2D eigenvalue weighted by molar-refractivity contribution is 6.03. The quantitative estimate of drug-likeness (QED) is 0.227. The second-order valence-electron chi connectivity index (χ2n) is 10.1. The Morgan fingerprint density at radius 2 is 1.84 bits per heavy atom. The van der Waals surface area contributed by atoms with E-state index in [1.807, 2.05) is 78.4 Å². The van der Waals surface area contributed by atoms with Gasteiger partial charge in [-0.1, -0.05) is 54.3 Å². The van der Waals surface area contributed by atoms with Crippen molar-refractivity contribution < 1.29 is 19.1 Å². The molecule has 0 radical (unpaired) electrons. The number of aryl methyl sites for hydroxylation is 1. The standard InChI is InChI=1S/C35H32N4O4/c1-24(14-15-27-11-8-18-36-22-27)43-35(41)31-25(2)38-33(28-12-7-13-29(21-28)39-20-19-37-23-39)32(34(40)42-3)30(31)17-16-26-9-5-4-6-10-26/h4-13,18-24,30,38H,16-17H2,1-3H3. The lowest BCUT2D eigenvalue weighted by Crippen LogP contribution is -2.34. The number of benzene rings is 2. The van der Waals surface area contributed by atoms with Crippen molar-refractivity contribution in [3.05, 3.63) is 131 Å². The first-order chi connectivity index (χ1) is 20.9. The number of hydrogen-bond acceptors (Lipinski definition) is 7. The fourth-order valence-electron chi connectivity index (χ4n) is 5.13. The summed E-state index contributed by atoms with van der Waals surface area (Å²) >= 11 is 0. The third kappa shape index (κ3) is 6.91. The number of esters is 2. The van der Waals surface area contributed by atoms with Gasteiger partial charge in [-0.3, -0.25) is 4.98 Å². The minimum atomic E-state index is -0.693. The average molecular weight is 573 g/mol. The zero-order chi connectivity index (χ0) is 30.2. The minimum Gasteiger partial charge on any atom is -0.466 e. The van der Waals surface area contributed by atoms with Gasteiger partial charge in [0, 0.05) is 53.2 Å². The predicted octanol–water partition coefficient (Wildman–Crippen LogP) is 5.26. The molecule has 0 spiro atoms. The molecule has 0 saturated heterocycles. The molecule has 1 aliphatic rings. The van der Waals surface area contributed by atoms with Gasteiger partial charge in [0.2, 0.25) is 0 Å². The van der Waals surface area contributed by atoms with Gasteiger partial charge in [0.25, 0.3) is 0 Å². The van der Waals surface area contributed by atoms with Crippen LogP contribution in [-0.4, -0.2) is 39.7 Å². The molecule has 0 amide bonds. The van der Waals surface area contributed by atoms with Crippen LogP contribution in [0.3, 0.4) is 0 Å². The lowest BCUT2D eigenvalue weighted by atomic mass is 9.80. The van der Waals surface area contributed by atoms with Crippen molar-refractivity contribution >= 4 is 17.6 Å². The van der Waals surface area contributed by atoms with Gasteiger partial charge in [-0.2, -0.15) is 0 Å². The lowest BCUT2D eigenvalue weighted by Gasteiger charge is -2.31.